The van der Waals surface area contributed by atoms with Crippen LogP contribution in [0.5, 0.6) is 0 Å². The summed E-state index contributed by atoms with van der Waals surface area (Å²) < 4.78 is 30.0. The molecular formula is C60H56N6O7. The minimum Gasteiger partial charge on any atom is -0.462 e. The number of benzene rings is 7. The van der Waals surface area contributed by atoms with Crippen LogP contribution in [0.2, 0.25) is 0 Å². The number of aromatic amines is 1. The third kappa shape index (κ3) is 9.27. The standard InChI is InChI=1S/C60H56N6O7/c1-4-40-70-54(68)60(72-43-65-42-62-51-52(65)63-55(61)64-53(51)67,57(2,3)73-59(48-34-20-9-21-35-48,49-36-22-10-23-37-49)50-38-24-11-25-39-50)66(56(69)71-41-44-26-12-5-13-27-44)58(45-28-14-6-15-29-45,46-30-16-7-17-31-46)47-32-18-8-19-33-47/h5-39,42H,4,40-41,43H2,1-3H3,(H3,61,63,64,67)/t60-/m0/s1. The molecule has 0 saturated heterocycles. The van der Waals surface area contributed by atoms with Crippen LogP contribution in [0, 0.1) is 0 Å². The third-order valence-corrected chi connectivity index (χ3v) is 13.0. The largest absolute Gasteiger partial charge is 0.462 e. The molecule has 0 unspecified atom stereocenters. The molecule has 1 amide bonds. The molecule has 9 aromatic rings. The van der Waals surface area contributed by atoms with E-state index in [4.69, 9.17) is 24.7 Å². The number of hydrogen-bond acceptors (Lipinski definition) is 10. The van der Waals surface area contributed by atoms with E-state index in [9.17, 15) is 4.79 Å². The molecule has 0 aliphatic carbocycles. The molecule has 1 atom stereocenters. The van der Waals surface area contributed by atoms with Crippen LogP contribution in [0.4, 0.5) is 10.7 Å². The summed E-state index contributed by atoms with van der Waals surface area (Å²) in [4.78, 5) is 59.3. The summed E-state index contributed by atoms with van der Waals surface area (Å²) in [7, 11) is 0. The van der Waals surface area contributed by atoms with Crippen LogP contribution in [0.1, 0.15) is 66.1 Å². The Labute approximate surface area is 423 Å². The first-order valence-electron chi connectivity index (χ1n) is 24.1. The Balaban J connectivity index is 1.44. The Morgan fingerprint density at radius 2 is 1.04 bits per heavy atom. The van der Waals surface area contributed by atoms with Gasteiger partial charge in [-0.2, -0.15) is 4.98 Å². The summed E-state index contributed by atoms with van der Waals surface area (Å²) in [6, 6.07) is 66.7. The second-order valence-electron chi connectivity index (χ2n) is 18.0. The molecule has 0 aliphatic rings. The van der Waals surface area contributed by atoms with E-state index in [1.165, 1.54) is 15.8 Å². The number of amides is 1. The number of nitrogens with one attached hydrogen (secondary N) is 1. The van der Waals surface area contributed by atoms with E-state index in [2.05, 4.69) is 15.0 Å². The zero-order valence-corrected chi connectivity index (χ0v) is 40.8. The van der Waals surface area contributed by atoms with Gasteiger partial charge in [0.1, 0.15) is 30.1 Å². The molecule has 0 saturated carbocycles. The molecule has 13 heteroatoms. The lowest BCUT2D eigenvalue weighted by Crippen LogP contribution is -2.76. The number of nitrogens with two attached hydrogens (primary N) is 1. The number of imidazole rings is 1. The summed E-state index contributed by atoms with van der Waals surface area (Å²) in [5, 5.41) is 0. The number of fused-ring (bicyclic) bond motifs is 1. The molecule has 13 nitrogen and oxygen atoms in total. The number of H-pyrrole nitrogens is 1. The number of nitrogen functional groups attached to an aromatic ring is 1. The molecule has 0 aliphatic heterocycles. The summed E-state index contributed by atoms with van der Waals surface area (Å²) in [5.41, 5.74) is 1.97. The highest BCUT2D eigenvalue weighted by molar-refractivity contribution is 5.88. The van der Waals surface area contributed by atoms with Crippen molar-refractivity contribution in [2.45, 2.75) is 63.0 Å². The van der Waals surface area contributed by atoms with Crippen LogP contribution in [0.25, 0.3) is 11.2 Å². The van der Waals surface area contributed by atoms with Crippen molar-refractivity contribution in [2.24, 2.45) is 0 Å². The fourth-order valence-corrected chi connectivity index (χ4v) is 9.78. The smallest absolute Gasteiger partial charge is 0.414 e. The number of carbonyl (C=O) groups excluding carboxylic acids is 2. The number of rotatable bonds is 19. The Morgan fingerprint density at radius 1 is 0.616 bits per heavy atom. The van der Waals surface area contributed by atoms with Crippen molar-refractivity contribution < 1.29 is 28.5 Å². The van der Waals surface area contributed by atoms with Crippen molar-refractivity contribution >= 4 is 29.2 Å². The number of nitrogens with zero attached hydrogens (tertiary/aromatic N) is 4. The maximum atomic E-state index is 16.7. The zero-order valence-electron chi connectivity index (χ0n) is 40.8. The minimum atomic E-state index is -2.72. The lowest BCUT2D eigenvalue weighted by Gasteiger charge is -2.58. The van der Waals surface area contributed by atoms with Crippen molar-refractivity contribution in [2.75, 3.05) is 12.3 Å². The molecule has 0 spiro atoms. The Morgan fingerprint density at radius 3 is 1.48 bits per heavy atom. The third-order valence-electron chi connectivity index (χ3n) is 13.0. The number of aromatic nitrogens is 4. The van der Waals surface area contributed by atoms with Crippen molar-refractivity contribution in [3.8, 4) is 0 Å². The van der Waals surface area contributed by atoms with E-state index in [0.29, 0.717) is 45.4 Å². The molecular weight excluding hydrogens is 917 g/mol. The number of ether oxygens (including phenoxy) is 4. The zero-order chi connectivity index (χ0) is 50.9. The molecule has 0 radical (unpaired) electrons. The van der Waals surface area contributed by atoms with Crippen LogP contribution in [-0.4, -0.2) is 54.4 Å². The number of carbonyl (C=O) groups is 2. The molecule has 9 rings (SSSR count). The molecule has 368 valence electrons. The normalized spacial score (nSPS) is 12.7. The molecule has 2 heterocycles. The average Bonchev–Trinajstić information content (AvgIpc) is 3.85. The highest BCUT2D eigenvalue weighted by atomic mass is 16.6. The number of esters is 1. The second kappa shape index (κ2) is 21.4. The fraction of sp³-hybridized carbons (Fsp3) is 0.183. The predicted octanol–water partition coefficient (Wildman–Crippen LogP) is 10.7. The van der Waals surface area contributed by atoms with Gasteiger partial charge < -0.3 is 24.7 Å². The van der Waals surface area contributed by atoms with Gasteiger partial charge in [0.2, 0.25) is 5.95 Å². The molecule has 3 N–H and O–H groups in total. The molecule has 73 heavy (non-hydrogen) atoms. The van der Waals surface area contributed by atoms with Crippen molar-refractivity contribution in [3.63, 3.8) is 0 Å². The van der Waals surface area contributed by atoms with Gasteiger partial charge >= 0.3 is 12.1 Å². The number of hydrogen-bond donors (Lipinski definition) is 2. The summed E-state index contributed by atoms with van der Waals surface area (Å²) in [6.07, 6.45) is 0.800. The monoisotopic (exact) mass is 972 g/mol. The van der Waals surface area contributed by atoms with E-state index in [-0.39, 0.29) is 30.3 Å². The summed E-state index contributed by atoms with van der Waals surface area (Å²) in [5.74, 6) is -1.15. The second-order valence-corrected chi connectivity index (χ2v) is 18.0. The lowest BCUT2D eigenvalue weighted by atomic mass is 9.72. The first kappa shape index (κ1) is 49.3. The van der Waals surface area contributed by atoms with Gasteiger partial charge in [0, 0.05) is 0 Å². The van der Waals surface area contributed by atoms with Gasteiger partial charge in [0.15, 0.2) is 11.2 Å². The van der Waals surface area contributed by atoms with Gasteiger partial charge in [-0.15, -0.1) is 0 Å². The molecule has 2 aromatic heterocycles. The summed E-state index contributed by atoms with van der Waals surface area (Å²) in [6.45, 7) is 4.48. The van der Waals surface area contributed by atoms with Crippen molar-refractivity contribution in [1.82, 2.24) is 24.4 Å². The van der Waals surface area contributed by atoms with Gasteiger partial charge in [-0.25, -0.2) is 19.5 Å². The van der Waals surface area contributed by atoms with E-state index in [1.54, 1.807) is 13.8 Å². The fourth-order valence-electron chi connectivity index (χ4n) is 9.78. The van der Waals surface area contributed by atoms with E-state index in [0.717, 1.165) is 0 Å². The van der Waals surface area contributed by atoms with E-state index in [1.807, 2.05) is 219 Å². The molecule has 0 bridgehead atoms. The van der Waals surface area contributed by atoms with E-state index < -0.39 is 46.8 Å². The van der Waals surface area contributed by atoms with Crippen molar-refractivity contribution in [1.29, 1.82) is 0 Å². The highest BCUT2D eigenvalue weighted by Crippen LogP contribution is 2.54. The van der Waals surface area contributed by atoms with Crippen LogP contribution < -0.4 is 11.3 Å². The van der Waals surface area contributed by atoms with Gasteiger partial charge in [-0.3, -0.25) is 14.3 Å². The number of anilines is 1. The SMILES string of the molecule is CCCOC(=O)[C@@](OCn1cnc2c(=O)[nH]c(N)nc21)(N(C(=O)OCc1ccccc1)C(c1ccccc1)(c1ccccc1)c1ccccc1)C(C)(C)OC(c1ccccc1)(c1ccccc1)c1ccccc1. The van der Waals surface area contributed by atoms with Gasteiger partial charge in [-0.1, -0.05) is 219 Å². The van der Waals surface area contributed by atoms with Crippen molar-refractivity contribution in [3.05, 3.63) is 268 Å². The quantitative estimate of drug-likeness (QED) is 0.0453. The molecule has 7 aromatic carbocycles. The maximum absolute atomic E-state index is 16.7. The first-order valence-corrected chi connectivity index (χ1v) is 24.1. The average molecular weight is 973 g/mol. The molecule has 0 fully saturated rings. The Bertz CT molecular complexity index is 3110. The van der Waals surface area contributed by atoms with Crippen LogP contribution in [0.3, 0.4) is 0 Å². The predicted molar refractivity (Wildman–Crippen MR) is 280 cm³/mol. The van der Waals surface area contributed by atoms with Gasteiger partial charge in [0.25, 0.3) is 11.3 Å². The van der Waals surface area contributed by atoms with Crippen LogP contribution in [-0.2, 0) is 48.2 Å². The first-order chi connectivity index (χ1) is 35.6. The minimum absolute atomic E-state index is 0.0324. The van der Waals surface area contributed by atoms with Gasteiger partial charge in [-0.05, 0) is 59.2 Å². The highest BCUT2D eigenvalue weighted by Gasteiger charge is 2.69. The Hall–Kier alpha value is -8.65. The van der Waals surface area contributed by atoms with Gasteiger partial charge in [0.05, 0.1) is 12.9 Å². The Kier molecular flexibility index (Phi) is 14.4. The summed E-state index contributed by atoms with van der Waals surface area (Å²) >= 11 is 0. The van der Waals surface area contributed by atoms with Crippen LogP contribution >= 0.6 is 0 Å². The maximum Gasteiger partial charge on any atom is 0.414 e. The lowest BCUT2D eigenvalue weighted by molar-refractivity contribution is -0.295. The van der Waals surface area contributed by atoms with Crippen LogP contribution in [0.15, 0.2) is 223 Å². The van der Waals surface area contributed by atoms with E-state index >= 15 is 9.59 Å². The topological polar surface area (TPSA) is 164 Å².